The van der Waals surface area contributed by atoms with Gasteiger partial charge in [-0.25, -0.2) is 0 Å². The summed E-state index contributed by atoms with van der Waals surface area (Å²) in [5.41, 5.74) is 2.57. The Hall–Kier alpha value is -1.67. The van der Waals surface area contributed by atoms with Gasteiger partial charge in [-0.05, 0) is 40.6 Å². The lowest BCUT2D eigenvalue weighted by Crippen LogP contribution is -2.11. The molecule has 2 aromatic heterocycles. The maximum atomic E-state index is 4.53. The van der Waals surface area contributed by atoms with Gasteiger partial charge in [-0.2, -0.15) is 0 Å². The fraction of sp³-hybridized carbons (Fsp3) is 0.235. The van der Waals surface area contributed by atoms with Crippen molar-refractivity contribution in [2.75, 3.05) is 0 Å². The number of rotatable bonds is 1. The molecular formula is C17H17NS. The minimum Gasteiger partial charge on any atom is -0.255 e. The Morgan fingerprint density at radius 3 is 2.53 bits per heavy atom. The van der Waals surface area contributed by atoms with E-state index in [9.17, 15) is 0 Å². The first-order valence-electron chi connectivity index (χ1n) is 6.49. The van der Waals surface area contributed by atoms with E-state index in [4.69, 9.17) is 0 Å². The van der Waals surface area contributed by atoms with Crippen LogP contribution < -0.4 is 0 Å². The van der Waals surface area contributed by atoms with E-state index in [1.807, 2.05) is 17.5 Å². The first kappa shape index (κ1) is 12.4. The average Bonchev–Trinajstić information content (AvgIpc) is 2.81. The molecule has 2 heterocycles. The van der Waals surface area contributed by atoms with E-state index in [2.05, 4.69) is 68.2 Å². The number of hydrogen-bond acceptors (Lipinski definition) is 2. The van der Waals surface area contributed by atoms with E-state index in [1.165, 1.54) is 20.5 Å². The predicted molar refractivity (Wildman–Crippen MR) is 83.8 cm³/mol. The number of thiophene rings is 1. The summed E-state index contributed by atoms with van der Waals surface area (Å²) in [6.07, 6.45) is 1.92. The Morgan fingerprint density at radius 2 is 1.79 bits per heavy atom. The molecule has 3 aromatic rings. The topological polar surface area (TPSA) is 12.9 Å². The van der Waals surface area contributed by atoms with E-state index in [0.717, 1.165) is 5.69 Å². The molecule has 0 bridgehead atoms. The van der Waals surface area contributed by atoms with Crippen molar-refractivity contribution in [3.8, 4) is 10.6 Å². The van der Waals surface area contributed by atoms with Crippen LogP contribution in [-0.4, -0.2) is 4.98 Å². The Bertz CT molecular complexity index is 686. The standard InChI is InChI=1S/C17H17NS/c1-17(2,3)13-8-9-18-14(11-13)16-10-12-6-4-5-7-15(12)19-16/h4-11H,1-3H3. The van der Waals surface area contributed by atoms with Crippen LogP contribution in [0.3, 0.4) is 0 Å². The zero-order valence-electron chi connectivity index (χ0n) is 11.5. The molecular weight excluding hydrogens is 250 g/mol. The third-order valence-electron chi connectivity index (χ3n) is 3.30. The van der Waals surface area contributed by atoms with E-state index in [0.29, 0.717) is 0 Å². The molecule has 1 aromatic carbocycles. The Kier molecular flexibility index (Phi) is 2.90. The molecule has 0 unspecified atom stereocenters. The lowest BCUT2D eigenvalue weighted by atomic mass is 9.87. The van der Waals surface area contributed by atoms with E-state index in [-0.39, 0.29) is 5.41 Å². The largest absolute Gasteiger partial charge is 0.255 e. The Balaban J connectivity index is 2.11. The van der Waals surface area contributed by atoms with E-state index in [1.54, 1.807) is 0 Å². The molecule has 2 heteroatoms. The van der Waals surface area contributed by atoms with Gasteiger partial charge in [-0.15, -0.1) is 11.3 Å². The fourth-order valence-electron chi connectivity index (χ4n) is 2.14. The Labute approximate surface area is 117 Å². The third kappa shape index (κ3) is 2.41. The van der Waals surface area contributed by atoms with Crippen molar-refractivity contribution in [3.63, 3.8) is 0 Å². The van der Waals surface area contributed by atoms with Gasteiger partial charge in [0.05, 0.1) is 10.6 Å². The van der Waals surface area contributed by atoms with Gasteiger partial charge in [-0.3, -0.25) is 4.98 Å². The summed E-state index contributed by atoms with van der Waals surface area (Å²) >= 11 is 1.81. The number of nitrogens with zero attached hydrogens (tertiary/aromatic N) is 1. The van der Waals surface area contributed by atoms with Crippen LogP contribution in [0.4, 0.5) is 0 Å². The zero-order valence-corrected chi connectivity index (χ0v) is 12.3. The molecule has 19 heavy (non-hydrogen) atoms. The smallest absolute Gasteiger partial charge is 0.0805 e. The fourth-order valence-corrected chi connectivity index (χ4v) is 3.17. The van der Waals surface area contributed by atoms with Gasteiger partial charge in [0.15, 0.2) is 0 Å². The highest BCUT2D eigenvalue weighted by atomic mass is 32.1. The zero-order chi connectivity index (χ0) is 13.5. The lowest BCUT2D eigenvalue weighted by molar-refractivity contribution is 0.589. The highest BCUT2D eigenvalue weighted by Gasteiger charge is 2.15. The van der Waals surface area contributed by atoms with Crippen LogP contribution in [0.15, 0.2) is 48.7 Å². The number of pyridine rings is 1. The number of benzene rings is 1. The second kappa shape index (κ2) is 4.46. The first-order chi connectivity index (χ1) is 9.04. The summed E-state index contributed by atoms with van der Waals surface area (Å²) in [6, 6.07) is 15.0. The van der Waals surface area contributed by atoms with Crippen molar-refractivity contribution >= 4 is 21.4 Å². The van der Waals surface area contributed by atoms with Gasteiger partial charge in [0, 0.05) is 10.9 Å². The minimum absolute atomic E-state index is 0.161. The summed E-state index contributed by atoms with van der Waals surface area (Å²) < 4.78 is 1.32. The van der Waals surface area contributed by atoms with Crippen LogP contribution in [-0.2, 0) is 5.41 Å². The maximum Gasteiger partial charge on any atom is 0.0805 e. The molecule has 0 amide bonds. The molecule has 0 fully saturated rings. The number of aromatic nitrogens is 1. The van der Waals surface area contributed by atoms with Crippen molar-refractivity contribution in [2.24, 2.45) is 0 Å². The second-order valence-electron chi connectivity index (χ2n) is 5.83. The summed E-state index contributed by atoms with van der Waals surface area (Å²) in [5, 5.41) is 1.30. The molecule has 0 N–H and O–H groups in total. The van der Waals surface area contributed by atoms with Crippen molar-refractivity contribution < 1.29 is 0 Å². The number of hydrogen-bond donors (Lipinski definition) is 0. The van der Waals surface area contributed by atoms with Crippen molar-refractivity contribution in [1.29, 1.82) is 0 Å². The molecule has 1 nitrogen and oxygen atoms in total. The predicted octanol–water partition coefficient (Wildman–Crippen LogP) is 5.26. The lowest BCUT2D eigenvalue weighted by Gasteiger charge is -2.19. The van der Waals surface area contributed by atoms with Gasteiger partial charge in [0.25, 0.3) is 0 Å². The van der Waals surface area contributed by atoms with Gasteiger partial charge in [0.2, 0.25) is 0 Å². The maximum absolute atomic E-state index is 4.53. The molecule has 0 aliphatic heterocycles. The third-order valence-corrected chi connectivity index (χ3v) is 4.44. The highest BCUT2D eigenvalue weighted by Crippen LogP contribution is 2.34. The monoisotopic (exact) mass is 267 g/mol. The molecule has 0 aliphatic carbocycles. The molecule has 96 valence electrons. The van der Waals surface area contributed by atoms with E-state index < -0.39 is 0 Å². The average molecular weight is 267 g/mol. The summed E-state index contributed by atoms with van der Waals surface area (Å²) in [5.74, 6) is 0. The second-order valence-corrected chi connectivity index (χ2v) is 6.91. The summed E-state index contributed by atoms with van der Waals surface area (Å²) in [4.78, 5) is 5.77. The van der Waals surface area contributed by atoms with Gasteiger partial charge >= 0.3 is 0 Å². The van der Waals surface area contributed by atoms with Gasteiger partial charge < -0.3 is 0 Å². The van der Waals surface area contributed by atoms with Crippen molar-refractivity contribution in [2.45, 2.75) is 26.2 Å². The molecule has 0 saturated heterocycles. The van der Waals surface area contributed by atoms with Gasteiger partial charge in [-0.1, -0.05) is 39.0 Å². The van der Waals surface area contributed by atoms with Crippen LogP contribution in [0.2, 0.25) is 0 Å². The molecule has 3 rings (SSSR count). The Morgan fingerprint density at radius 1 is 1.00 bits per heavy atom. The van der Waals surface area contributed by atoms with Crippen molar-refractivity contribution in [3.05, 3.63) is 54.2 Å². The first-order valence-corrected chi connectivity index (χ1v) is 7.31. The number of fused-ring (bicyclic) bond motifs is 1. The summed E-state index contributed by atoms with van der Waals surface area (Å²) in [7, 11) is 0. The van der Waals surface area contributed by atoms with Crippen LogP contribution in [0.5, 0.6) is 0 Å². The molecule has 0 spiro atoms. The highest BCUT2D eigenvalue weighted by molar-refractivity contribution is 7.22. The van der Waals surface area contributed by atoms with Crippen molar-refractivity contribution in [1.82, 2.24) is 4.98 Å². The molecule has 0 saturated carbocycles. The minimum atomic E-state index is 0.161. The van der Waals surface area contributed by atoms with Gasteiger partial charge in [0.1, 0.15) is 0 Å². The van der Waals surface area contributed by atoms with Crippen LogP contribution in [0.25, 0.3) is 20.7 Å². The SMILES string of the molecule is CC(C)(C)c1ccnc(-c2cc3ccccc3s2)c1. The van der Waals surface area contributed by atoms with E-state index >= 15 is 0 Å². The van der Waals surface area contributed by atoms with Crippen LogP contribution in [0.1, 0.15) is 26.3 Å². The molecule has 0 radical (unpaired) electrons. The van der Waals surface area contributed by atoms with Crippen LogP contribution in [0, 0.1) is 0 Å². The summed E-state index contributed by atoms with van der Waals surface area (Å²) in [6.45, 7) is 6.70. The quantitative estimate of drug-likeness (QED) is 0.586. The van der Waals surface area contributed by atoms with Crippen LogP contribution >= 0.6 is 11.3 Å². The molecule has 0 aliphatic rings. The molecule has 0 atom stereocenters. The normalized spacial score (nSPS) is 11.9.